The summed E-state index contributed by atoms with van der Waals surface area (Å²) >= 11 is 6.13. The third-order valence-corrected chi connectivity index (χ3v) is 3.98. The van der Waals surface area contributed by atoms with Gasteiger partial charge in [-0.15, -0.1) is 0 Å². The van der Waals surface area contributed by atoms with Gasteiger partial charge in [-0.05, 0) is 12.8 Å². The van der Waals surface area contributed by atoms with Crippen LogP contribution < -0.4 is 10.2 Å². The number of aromatic nitrogens is 2. The molecule has 1 amide bonds. The van der Waals surface area contributed by atoms with Gasteiger partial charge in [0.05, 0.1) is 0 Å². The van der Waals surface area contributed by atoms with Crippen LogP contribution in [0.4, 0.5) is 5.82 Å². The molecule has 0 unspecified atom stereocenters. The van der Waals surface area contributed by atoms with Gasteiger partial charge in [-0.1, -0.05) is 32.4 Å². The fourth-order valence-corrected chi connectivity index (χ4v) is 2.66. The van der Waals surface area contributed by atoms with Crippen LogP contribution in [0.25, 0.3) is 0 Å². The molecule has 1 aliphatic rings. The number of hydrogen-bond acceptors (Lipinski definition) is 4. The van der Waals surface area contributed by atoms with E-state index >= 15 is 0 Å². The Bertz CT molecular complexity index is 519. The second-order valence-corrected chi connectivity index (χ2v) is 6.89. The Labute approximate surface area is 131 Å². The molecule has 0 aromatic carbocycles. The van der Waals surface area contributed by atoms with Gasteiger partial charge in [0.2, 0.25) is 5.91 Å². The van der Waals surface area contributed by atoms with Crippen LogP contribution in [0, 0.1) is 5.92 Å². The molecule has 0 radical (unpaired) electrons. The SMILES string of the molecule is CNC(=O)C1CCN(c2cc(Cl)nc(C(C)(C)C)n2)CC1. The van der Waals surface area contributed by atoms with Crippen LogP contribution in [-0.2, 0) is 10.2 Å². The zero-order valence-electron chi connectivity index (χ0n) is 13.1. The fraction of sp³-hybridized carbons (Fsp3) is 0.667. The van der Waals surface area contributed by atoms with Crippen molar-refractivity contribution in [2.45, 2.75) is 39.0 Å². The number of carbonyl (C=O) groups is 1. The number of carbonyl (C=O) groups excluding carboxylic acids is 1. The Morgan fingerprint density at radius 2 is 1.95 bits per heavy atom. The van der Waals surface area contributed by atoms with Gasteiger partial charge in [-0.25, -0.2) is 9.97 Å². The largest absolute Gasteiger partial charge is 0.359 e. The van der Waals surface area contributed by atoms with Crippen molar-refractivity contribution in [3.63, 3.8) is 0 Å². The molecule has 1 aromatic heterocycles. The van der Waals surface area contributed by atoms with Crippen LogP contribution in [0.1, 0.15) is 39.4 Å². The summed E-state index contributed by atoms with van der Waals surface area (Å²) in [6.07, 6.45) is 1.68. The standard InChI is InChI=1S/C15H23ClN4O/c1-15(2,3)14-18-11(16)9-12(19-14)20-7-5-10(6-8-20)13(21)17-4/h9-10H,5-8H2,1-4H3,(H,17,21). The smallest absolute Gasteiger partial charge is 0.222 e. The number of nitrogens with one attached hydrogen (secondary N) is 1. The maximum absolute atomic E-state index is 11.7. The number of halogens is 1. The van der Waals surface area contributed by atoms with Crippen molar-refractivity contribution in [2.75, 3.05) is 25.0 Å². The first-order valence-electron chi connectivity index (χ1n) is 7.33. The zero-order chi connectivity index (χ0) is 15.6. The van der Waals surface area contributed by atoms with Crippen LogP contribution in [0.2, 0.25) is 5.15 Å². The van der Waals surface area contributed by atoms with Crippen LogP contribution in [0.3, 0.4) is 0 Å². The summed E-state index contributed by atoms with van der Waals surface area (Å²) < 4.78 is 0. The molecule has 1 aromatic rings. The van der Waals surface area contributed by atoms with E-state index in [0.29, 0.717) is 5.15 Å². The summed E-state index contributed by atoms with van der Waals surface area (Å²) in [7, 11) is 1.69. The van der Waals surface area contributed by atoms with Gasteiger partial charge in [0, 0.05) is 37.5 Å². The molecule has 1 fully saturated rings. The van der Waals surface area contributed by atoms with E-state index in [4.69, 9.17) is 11.6 Å². The maximum Gasteiger partial charge on any atom is 0.222 e. The normalized spacial score (nSPS) is 16.9. The molecule has 116 valence electrons. The van der Waals surface area contributed by atoms with E-state index in [9.17, 15) is 4.79 Å². The van der Waals surface area contributed by atoms with Crippen molar-refractivity contribution >= 4 is 23.3 Å². The molecule has 5 nitrogen and oxygen atoms in total. The number of piperidine rings is 1. The number of nitrogens with zero attached hydrogens (tertiary/aromatic N) is 3. The number of anilines is 1. The number of rotatable bonds is 2. The average molecular weight is 311 g/mol. The lowest BCUT2D eigenvalue weighted by molar-refractivity contribution is -0.125. The van der Waals surface area contributed by atoms with E-state index in [1.807, 2.05) is 0 Å². The molecule has 1 aliphatic heterocycles. The van der Waals surface area contributed by atoms with Gasteiger partial charge in [0.25, 0.3) is 0 Å². The molecule has 2 heterocycles. The van der Waals surface area contributed by atoms with Crippen molar-refractivity contribution in [3.8, 4) is 0 Å². The van der Waals surface area contributed by atoms with Crippen molar-refractivity contribution < 1.29 is 4.79 Å². The van der Waals surface area contributed by atoms with Crippen LogP contribution in [-0.4, -0.2) is 36.0 Å². The van der Waals surface area contributed by atoms with Crippen molar-refractivity contribution in [1.82, 2.24) is 15.3 Å². The van der Waals surface area contributed by atoms with Gasteiger partial charge in [-0.2, -0.15) is 0 Å². The molecule has 0 saturated carbocycles. The van der Waals surface area contributed by atoms with E-state index in [1.54, 1.807) is 13.1 Å². The quantitative estimate of drug-likeness (QED) is 0.852. The number of amides is 1. The lowest BCUT2D eigenvalue weighted by Crippen LogP contribution is -2.40. The molecule has 0 atom stereocenters. The minimum absolute atomic E-state index is 0.102. The van der Waals surface area contributed by atoms with Crippen molar-refractivity contribution in [3.05, 3.63) is 17.0 Å². The molecule has 0 bridgehead atoms. The molecule has 0 aliphatic carbocycles. The number of hydrogen-bond donors (Lipinski definition) is 1. The first kappa shape index (κ1) is 16.0. The molecule has 1 saturated heterocycles. The van der Waals surface area contributed by atoms with E-state index in [1.165, 1.54) is 0 Å². The molecule has 0 spiro atoms. The summed E-state index contributed by atoms with van der Waals surface area (Å²) in [5.41, 5.74) is -0.139. The highest BCUT2D eigenvalue weighted by Gasteiger charge is 2.26. The average Bonchev–Trinajstić information content (AvgIpc) is 2.45. The Hall–Kier alpha value is -1.36. The lowest BCUT2D eigenvalue weighted by atomic mass is 9.95. The third-order valence-electron chi connectivity index (χ3n) is 3.79. The van der Waals surface area contributed by atoms with Gasteiger partial charge in [0.1, 0.15) is 16.8 Å². The summed E-state index contributed by atoms with van der Waals surface area (Å²) in [6.45, 7) is 7.84. The highest BCUT2D eigenvalue weighted by Crippen LogP contribution is 2.27. The monoisotopic (exact) mass is 310 g/mol. The molecular formula is C15H23ClN4O. The van der Waals surface area contributed by atoms with Crippen molar-refractivity contribution in [1.29, 1.82) is 0 Å². The van der Waals surface area contributed by atoms with Gasteiger partial charge in [0.15, 0.2) is 0 Å². The van der Waals surface area contributed by atoms with Gasteiger partial charge in [-0.3, -0.25) is 4.79 Å². The second-order valence-electron chi connectivity index (χ2n) is 6.50. The Kier molecular flexibility index (Phi) is 4.71. The van der Waals surface area contributed by atoms with Gasteiger partial charge < -0.3 is 10.2 Å². The third kappa shape index (κ3) is 3.84. The Morgan fingerprint density at radius 1 is 1.33 bits per heavy atom. The highest BCUT2D eigenvalue weighted by atomic mass is 35.5. The molecule has 2 rings (SSSR count). The minimum Gasteiger partial charge on any atom is -0.359 e. The Balaban J connectivity index is 2.13. The lowest BCUT2D eigenvalue weighted by Gasteiger charge is -2.32. The second kappa shape index (κ2) is 6.18. The van der Waals surface area contributed by atoms with Crippen LogP contribution >= 0.6 is 11.6 Å². The summed E-state index contributed by atoms with van der Waals surface area (Å²) in [5, 5.41) is 3.19. The summed E-state index contributed by atoms with van der Waals surface area (Å²) in [6, 6.07) is 1.80. The predicted molar refractivity (Wildman–Crippen MR) is 84.7 cm³/mol. The molecular weight excluding hydrogens is 288 g/mol. The summed E-state index contributed by atoms with van der Waals surface area (Å²) in [5.74, 6) is 1.84. The topological polar surface area (TPSA) is 58.1 Å². The van der Waals surface area contributed by atoms with Crippen molar-refractivity contribution in [2.24, 2.45) is 5.92 Å². The zero-order valence-corrected chi connectivity index (χ0v) is 13.9. The molecule has 1 N–H and O–H groups in total. The first-order valence-corrected chi connectivity index (χ1v) is 7.70. The van der Waals surface area contributed by atoms with Gasteiger partial charge >= 0.3 is 0 Å². The molecule has 6 heteroatoms. The van der Waals surface area contributed by atoms with E-state index in [2.05, 4.69) is 41.0 Å². The first-order chi connectivity index (χ1) is 9.81. The fourth-order valence-electron chi connectivity index (χ4n) is 2.48. The molecule has 21 heavy (non-hydrogen) atoms. The van der Waals surface area contributed by atoms with E-state index in [-0.39, 0.29) is 17.2 Å². The van der Waals surface area contributed by atoms with E-state index < -0.39 is 0 Å². The maximum atomic E-state index is 11.7. The van der Waals surface area contributed by atoms with Crippen LogP contribution in [0.15, 0.2) is 6.07 Å². The van der Waals surface area contributed by atoms with E-state index in [0.717, 1.165) is 37.6 Å². The predicted octanol–water partition coefficient (Wildman–Crippen LogP) is 2.39. The summed E-state index contributed by atoms with van der Waals surface area (Å²) in [4.78, 5) is 22.8. The Morgan fingerprint density at radius 3 is 2.48 bits per heavy atom. The minimum atomic E-state index is -0.139. The van der Waals surface area contributed by atoms with Crippen LogP contribution in [0.5, 0.6) is 0 Å². The highest BCUT2D eigenvalue weighted by molar-refractivity contribution is 6.29.